The Kier molecular flexibility index (Phi) is 7.91. The summed E-state index contributed by atoms with van der Waals surface area (Å²) in [6.45, 7) is 1.62. The number of amides is 2. The molecule has 0 heterocycles. The van der Waals surface area contributed by atoms with Crippen molar-refractivity contribution in [3.8, 4) is 11.5 Å². The summed E-state index contributed by atoms with van der Waals surface area (Å²) < 4.78 is 10.4. The van der Waals surface area contributed by atoms with Crippen molar-refractivity contribution in [2.75, 3.05) is 13.7 Å². The van der Waals surface area contributed by atoms with Crippen molar-refractivity contribution in [1.29, 1.82) is 0 Å². The molecule has 0 unspecified atom stereocenters. The molecule has 168 valence electrons. The van der Waals surface area contributed by atoms with Gasteiger partial charge in [0.1, 0.15) is 11.5 Å². The molecule has 2 N–H and O–H groups in total. The molecule has 0 bridgehead atoms. The lowest BCUT2D eigenvalue weighted by Crippen LogP contribution is -2.34. The summed E-state index contributed by atoms with van der Waals surface area (Å²) in [4.78, 5) is 36.2. The fourth-order valence-corrected chi connectivity index (χ4v) is 2.81. The van der Waals surface area contributed by atoms with E-state index in [0.717, 1.165) is 5.56 Å². The van der Waals surface area contributed by atoms with Gasteiger partial charge in [-0.05, 0) is 72.6 Å². The minimum atomic E-state index is -0.475. The van der Waals surface area contributed by atoms with Gasteiger partial charge in [0, 0.05) is 5.56 Å². The summed E-state index contributed by atoms with van der Waals surface area (Å²) in [6.07, 6.45) is 1.44. The van der Waals surface area contributed by atoms with Gasteiger partial charge in [0.05, 0.1) is 25.4 Å². The highest BCUT2D eigenvalue weighted by Gasteiger charge is 2.11. The van der Waals surface area contributed by atoms with Crippen molar-refractivity contribution in [3.05, 3.63) is 95.1 Å². The molecule has 33 heavy (non-hydrogen) atoms. The lowest BCUT2D eigenvalue weighted by Gasteiger charge is -2.07. The number of nitrogens with zero attached hydrogens (tertiary/aromatic N) is 1. The van der Waals surface area contributed by atoms with Crippen LogP contribution >= 0.6 is 0 Å². The molecule has 0 aliphatic carbocycles. The minimum absolute atomic E-state index is 0.226. The van der Waals surface area contributed by atoms with E-state index >= 15 is 0 Å². The molecule has 2 amide bonds. The monoisotopic (exact) mass is 445 g/mol. The Hall–Kier alpha value is -4.46. The van der Waals surface area contributed by atoms with E-state index in [0.29, 0.717) is 28.2 Å². The molecule has 0 saturated heterocycles. The third-order valence-electron chi connectivity index (χ3n) is 4.62. The fraction of sp³-hybridized carbons (Fsp3) is 0.120. The van der Waals surface area contributed by atoms with Crippen LogP contribution in [0, 0.1) is 6.92 Å². The average Bonchev–Trinajstić information content (AvgIpc) is 2.84. The number of rotatable bonds is 8. The van der Waals surface area contributed by atoms with Crippen LogP contribution in [0.4, 0.5) is 0 Å². The highest BCUT2D eigenvalue weighted by atomic mass is 16.5. The maximum atomic E-state index is 12.3. The predicted molar refractivity (Wildman–Crippen MR) is 124 cm³/mol. The molecule has 0 fully saturated rings. The van der Waals surface area contributed by atoms with Gasteiger partial charge in [-0.2, -0.15) is 5.10 Å². The van der Waals surface area contributed by atoms with Crippen LogP contribution < -0.4 is 20.2 Å². The molecule has 0 saturated carbocycles. The van der Waals surface area contributed by atoms with E-state index in [1.807, 2.05) is 19.1 Å². The van der Waals surface area contributed by atoms with Crippen molar-refractivity contribution < 1.29 is 23.9 Å². The Morgan fingerprint density at radius 2 is 1.58 bits per heavy atom. The van der Waals surface area contributed by atoms with Gasteiger partial charge in [0.15, 0.2) is 0 Å². The van der Waals surface area contributed by atoms with Crippen molar-refractivity contribution in [3.63, 3.8) is 0 Å². The van der Waals surface area contributed by atoms with Crippen molar-refractivity contribution in [2.45, 2.75) is 6.92 Å². The number of hydrogen-bond donors (Lipinski definition) is 2. The van der Waals surface area contributed by atoms with Crippen molar-refractivity contribution in [1.82, 2.24) is 10.7 Å². The number of hydrazone groups is 1. The number of carbonyl (C=O) groups is 3. The summed E-state index contributed by atoms with van der Waals surface area (Å²) in [7, 11) is 1.54. The molecule has 0 spiro atoms. The van der Waals surface area contributed by atoms with E-state index < -0.39 is 11.9 Å². The van der Waals surface area contributed by atoms with Gasteiger partial charge in [0.2, 0.25) is 0 Å². The van der Waals surface area contributed by atoms with E-state index in [2.05, 4.69) is 15.8 Å². The first-order valence-electron chi connectivity index (χ1n) is 10.1. The van der Waals surface area contributed by atoms with Crippen LogP contribution in [0.15, 0.2) is 77.9 Å². The zero-order valence-electron chi connectivity index (χ0n) is 18.2. The number of benzene rings is 3. The highest BCUT2D eigenvalue weighted by molar-refractivity contribution is 5.96. The van der Waals surface area contributed by atoms with E-state index in [1.54, 1.807) is 60.7 Å². The Bertz CT molecular complexity index is 1160. The van der Waals surface area contributed by atoms with Gasteiger partial charge >= 0.3 is 5.97 Å². The quantitative estimate of drug-likeness (QED) is 0.240. The number of hydrogen-bond acceptors (Lipinski definition) is 6. The molecule has 0 atom stereocenters. The molecule has 8 nitrogen and oxygen atoms in total. The molecule has 0 aliphatic heterocycles. The van der Waals surface area contributed by atoms with Crippen molar-refractivity contribution >= 4 is 24.0 Å². The maximum Gasteiger partial charge on any atom is 0.343 e. The molecule has 3 rings (SSSR count). The molecule has 3 aromatic rings. The molecular weight excluding hydrogens is 422 g/mol. The molecule has 3 aromatic carbocycles. The first-order valence-corrected chi connectivity index (χ1v) is 10.1. The number of methoxy groups -OCH3 is 1. The van der Waals surface area contributed by atoms with Crippen LogP contribution in [0.1, 0.15) is 31.8 Å². The third-order valence-corrected chi connectivity index (χ3v) is 4.62. The van der Waals surface area contributed by atoms with E-state index in [-0.39, 0.29) is 12.5 Å². The Morgan fingerprint density at radius 1 is 0.909 bits per heavy atom. The second-order valence-corrected chi connectivity index (χ2v) is 6.98. The summed E-state index contributed by atoms with van der Waals surface area (Å²) in [5, 5.41) is 6.38. The number of aryl methyl sites for hydroxylation is 1. The van der Waals surface area contributed by atoms with E-state index in [4.69, 9.17) is 9.47 Å². The molecule has 0 aromatic heterocycles. The van der Waals surface area contributed by atoms with Crippen molar-refractivity contribution in [2.24, 2.45) is 5.10 Å². The summed E-state index contributed by atoms with van der Waals surface area (Å²) in [5.74, 6) is -0.259. The SMILES string of the molecule is COc1ccc(C(=O)NCC(=O)N/N=C/c2ccc(OC(=O)c3ccccc3C)cc2)cc1. The first kappa shape index (κ1) is 23.2. The van der Waals surface area contributed by atoms with Crippen LogP contribution in [-0.2, 0) is 4.79 Å². The lowest BCUT2D eigenvalue weighted by atomic mass is 10.1. The first-order chi connectivity index (χ1) is 16.0. The zero-order valence-corrected chi connectivity index (χ0v) is 18.2. The van der Waals surface area contributed by atoms with Crippen LogP contribution in [-0.4, -0.2) is 37.7 Å². The minimum Gasteiger partial charge on any atom is -0.497 e. The van der Waals surface area contributed by atoms with Crippen LogP contribution in [0.2, 0.25) is 0 Å². The number of carbonyl (C=O) groups excluding carboxylic acids is 3. The van der Waals surface area contributed by atoms with Gasteiger partial charge in [-0.25, -0.2) is 10.2 Å². The highest BCUT2D eigenvalue weighted by Crippen LogP contribution is 2.15. The van der Waals surface area contributed by atoms with Gasteiger partial charge in [-0.3, -0.25) is 9.59 Å². The van der Waals surface area contributed by atoms with Crippen LogP contribution in [0.5, 0.6) is 11.5 Å². The number of ether oxygens (including phenoxy) is 2. The van der Waals surface area contributed by atoms with Gasteiger partial charge in [0.25, 0.3) is 11.8 Å². The van der Waals surface area contributed by atoms with Crippen LogP contribution in [0.3, 0.4) is 0 Å². The smallest absolute Gasteiger partial charge is 0.343 e. The Balaban J connectivity index is 1.45. The summed E-state index contributed by atoms with van der Waals surface area (Å²) in [5.41, 5.74) is 4.78. The number of esters is 1. The van der Waals surface area contributed by atoms with E-state index in [9.17, 15) is 14.4 Å². The molecule has 0 aliphatic rings. The van der Waals surface area contributed by atoms with Gasteiger partial charge in [-0.1, -0.05) is 18.2 Å². The molecule has 0 radical (unpaired) electrons. The molecule has 8 heteroatoms. The number of nitrogens with one attached hydrogen (secondary N) is 2. The largest absolute Gasteiger partial charge is 0.497 e. The van der Waals surface area contributed by atoms with E-state index in [1.165, 1.54) is 13.3 Å². The maximum absolute atomic E-state index is 12.3. The second kappa shape index (κ2) is 11.2. The topological polar surface area (TPSA) is 106 Å². The summed E-state index contributed by atoms with van der Waals surface area (Å²) >= 11 is 0. The lowest BCUT2D eigenvalue weighted by molar-refractivity contribution is -0.120. The normalized spacial score (nSPS) is 10.5. The fourth-order valence-electron chi connectivity index (χ4n) is 2.81. The predicted octanol–water partition coefficient (Wildman–Crippen LogP) is 3.10. The third kappa shape index (κ3) is 6.76. The Labute approximate surface area is 191 Å². The standard InChI is InChI=1S/C25H23N3O5/c1-17-5-3-4-6-22(17)25(31)33-21-11-7-18(8-12-21)15-27-28-23(29)16-26-24(30)19-9-13-20(32-2)14-10-19/h3-15H,16H2,1-2H3,(H,26,30)(H,28,29)/b27-15+. The zero-order chi connectivity index (χ0) is 23.6. The molecular formula is C25H23N3O5. The average molecular weight is 445 g/mol. The second-order valence-electron chi connectivity index (χ2n) is 6.98. The van der Waals surface area contributed by atoms with Gasteiger partial charge < -0.3 is 14.8 Å². The Morgan fingerprint density at radius 3 is 2.24 bits per heavy atom. The summed E-state index contributed by atoms with van der Waals surface area (Å²) in [6, 6.07) is 20.4. The van der Waals surface area contributed by atoms with Crippen LogP contribution in [0.25, 0.3) is 0 Å². The van der Waals surface area contributed by atoms with Gasteiger partial charge in [-0.15, -0.1) is 0 Å².